The van der Waals surface area contributed by atoms with Crippen LogP contribution in [0.25, 0.3) is 11.3 Å². The first-order chi connectivity index (χ1) is 12.5. The predicted octanol–water partition coefficient (Wildman–Crippen LogP) is 2.00. The summed E-state index contributed by atoms with van der Waals surface area (Å²) in [5.74, 6) is -0.452. The Kier molecular flexibility index (Phi) is 5.40. The van der Waals surface area contributed by atoms with Gasteiger partial charge >= 0.3 is 0 Å². The number of anilines is 2. The number of nitrogens with one attached hydrogen (secondary N) is 3. The smallest absolute Gasteiger partial charge is 0.241 e. The Bertz CT molecular complexity index is 906. The van der Waals surface area contributed by atoms with E-state index in [-0.39, 0.29) is 11.8 Å². The number of aromatic amines is 1. The predicted molar refractivity (Wildman–Crippen MR) is 101 cm³/mol. The topological polar surface area (TPSA) is 126 Å². The lowest BCUT2D eigenvalue weighted by Crippen LogP contribution is -2.37. The number of nitrogens with two attached hydrogens (primary N) is 1. The number of nitrogens with zero attached hydrogens (tertiary/aromatic N) is 2. The Morgan fingerprint density at radius 2 is 2.19 bits per heavy atom. The minimum Gasteiger partial charge on any atom is -0.348 e. The maximum atomic E-state index is 12.3. The molecule has 0 saturated carbocycles. The molecule has 2 heterocycles. The quantitative estimate of drug-likeness (QED) is 0.528. The van der Waals surface area contributed by atoms with Gasteiger partial charge in [-0.15, -0.1) is 11.3 Å². The van der Waals surface area contributed by atoms with Crippen LogP contribution in [0, 0.1) is 0 Å². The summed E-state index contributed by atoms with van der Waals surface area (Å²) >= 11 is 1.34. The van der Waals surface area contributed by atoms with Gasteiger partial charge < -0.3 is 21.4 Å². The van der Waals surface area contributed by atoms with Crippen molar-refractivity contribution in [3.05, 3.63) is 47.9 Å². The molecule has 0 spiro atoms. The second-order valence-electron chi connectivity index (χ2n) is 5.68. The highest BCUT2D eigenvalue weighted by Gasteiger charge is 2.15. The molecule has 0 aliphatic carbocycles. The number of thiazole rings is 1. The highest BCUT2D eigenvalue weighted by atomic mass is 32.1. The van der Waals surface area contributed by atoms with Gasteiger partial charge in [0.1, 0.15) is 0 Å². The van der Waals surface area contributed by atoms with E-state index in [0.717, 1.165) is 17.0 Å². The fraction of sp³-hybridized carbons (Fsp3) is 0.176. The van der Waals surface area contributed by atoms with Crippen molar-refractivity contribution >= 4 is 34.0 Å². The molecule has 0 saturated heterocycles. The highest BCUT2D eigenvalue weighted by molar-refractivity contribution is 7.14. The lowest BCUT2D eigenvalue weighted by atomic mass is 10.1. The Balaban J connectivity index is 1.68. The van der Waals surface area contributed by atoms with E-state index in [4.69, 9.17) is 5.73 Å². The number of rotatable bonds is 6. The van der Waals surface area contributed by atoms with E-state index in [1.54, 1.807) is 18.6 Å². The molecule has 8 nitrogen and oxygen atoms in total. The van der Waals surface area contributed by atoms with Crippen molar-refractivity contribution in [2.75, 3.05) is 10.6 Å². The van der Waals surface area contributed by atoms with Crippen LogP contribution in [0.4, 0.5) is 10.8 Å². The number of amides is 2. The zero-order chi connectivity index (χ0) is 18.5. The second-order valence-corrected chi connectivity index (χ2v) is 6.53. The molecule has 1 atom stereocenters. The Morgan fingerprint density at radius 3 is 2.92 bits per heavy atom. The van der Waals surface area contributed by atoms with E-state index in [0.29, 0.717) is 17.2 Å². The lowest BCUT2D eigenvalue weighted by Gasteiger charge is -2.12. The molecule has 3 rings (SSSR count). The third-order valence-corrected chi connectivity index (χ3v) is 4.30. The van der Waals surface area contributed by atoms with Crippen LogP contribution in [0.2, 0.25) is 0 Å². The van der Waals surface area contributed by atoms with Crippen molar-refractivity contribution in [3.8, 4) is 11.3 Å². The molecule has 0 unspecified atom stereocenters. The van der Waals surface area contributed by atoms with E-state index >= 15 is 0 Å². The number of benzene rings is 1. The van der Waals surface area contributed by atoms with Gasteiger partial charge in [0, 0.05) is 41.9 Å². The summed E-state index contributed by atoms with van der Waals surface area (Å²) in [6.07, 6.45) is 3.56. The zero-order valence-corrected chi connectivity index (χ0v) is 14.8. The first-order valence-corrected chi connectivity index (χ1v) is 8.76. The van der Waals surface area contributed by atoms with Crippen LogP contribution in [0.1, 0.15) is 12.6 Å². The average Bonchev–Trinajstić information content (AvgIpc) is 3.26. The van der Waals surface area contributed by atoms with Gasteiger partial charge in [0.25, 0.3) is 0 Å². The van der Waals surface area contributed by atoms with Gasteiger partial charge in [-0.3, -0.25) is 9.59 Å². The number of hydrogen-bond acceptors (Lipinski definition) is 6. The molecule has 0 bridgehead atoms. The first kappa shape index (κ1) is 17.8. The fourth-order valence-corrected chi connectivity index (χ4v) is 3.10. The Morgan fingerprint density at radius 1 is 1.35 bits per heavy atom. The SMILES string of the molecule is CC(=O)Nc1nc(-c2cccc(NC(=O)[C@@H](N)Cc3cnc[nH]3)c2)cs1. The Labute approximate surface area is 153 Å². The van der Waals surface area contributed by atoms with Crippen LogP contribution in [-0.4, -0.2) is 32.8 Å². The van der Waals surface area contributed by atoms with Crippen LogP contribution >= 0.6 is 11.3 Å². The number of hydrogen-bond donors (Lipinski definition) is 4. The van der Waals surface area contributed by atoms with Crippen molar-refractivity contribution in [2.45, 2.75) is 19.4 Å². The molecule has 0 aliphatic heterocycles. The number of carbonyl (C=O) groups is 2. The molecule has 26 heavy (non-hydrogen) atoms. The third kappa shape index (κ3) is 4.52. The van der Waals surface area contributed by atoms with Gasteiger partial charge in [-0.25, -0.2) is 9.97 Å². The van der Waals surface area contributed by atoms with Crippen LogP contribution < -0.4 is 16.4 Å². The summed E-state index contributed by atoms with van der Waals surface area (Å²) in [6.45, 7) is 1.43. The van der Waals surface area contributed by atoms with Crippen molar-refractivity contribution in [2.24, 2.45) is 5.73 Å². The molecule has 9 heteroatoms. The molecular weight excluding hydrogens is 352 g/mol. The molecule has 2 aromatic heterocycles. The Hall–Kier alpha value is -3.04. The van der Waals surface area contributed by atoms with E-state index in [1.165, 1.54) is 18.3 Å². The molecule has 5 N–H and O–H groups in total. The maximum Gasteiger partial charge on any atom is 0.241 e. The molecule has 2 amide bonds. The van der Waals surface area contributed by atoms with Crippen LogP contribution in [-0.2, 0) is 16.0 Å². The summed E-state index contributed by atoms with van der Waals surface area (Å²) in [5, 5.41) is 7.84. The van der Waals surface area contributed by atoms with Gasteiger partial charge in [-0.05, 0) is 12.1 Å². The van der Waals surface area contributed by atoms with Crippen LogP contribution in [0.3, 0.4) is 0 Å². The van der Waals surface area contributed by atoms with E-state index in [1.807, 2.05) is 23.6 Å². The summed E-state index contributed by atoms with van der Waals surface area (Å²) < 4.78 is 0. The third-order valence-electron chi connectivity index (χ3n) is 3.54. The lowest BCUT2D eigenvalue weighted by molar-refractivity contribution is -0.117. The van der Waals surface area contributed by atoms with Gasteiger partial charge in [0.05, 0.1) is 18.1 Å². The van der Waals surface area contributed by atoms with E-state index in [2.05, 4.69) is 25.6 Å². The van der Waals surface area contributed by atoms with E-state index in [9.17, 15) is 9.59 Å². The second kappa shape index (κ2) is 7.89. The highest BCUT2D eigenvalue weighted by Crippen LogP contribution is 2.26. The number of aromatic nitrogens is 3. The van der Waals surface area contributed by atoms with Gasteiger partial charge in [0.2, 0.25) is 11.8 Å². The molecule has 0 aliphatic rings. The molecule has 134 valence electrons. The fourth-order valence-electron chi connectivity index (χ4n) is 2.33. The van der Waals surface area contributed by atoms with Crippen LogP contribution in [0.5, 0.6) is 0 Å². The molecule has 3 aromatic rings. The average molecular weight is 370 g/mol. The minimum atomic E-state index is -0.690. The molecule has 0 fully saturated rings. The maximum absolute atomic E-state index is 12.3. The van der Waals surface area contributed by atoms with Crippen molar-refractivity contribution < 1.29 is 9.59 Å². The summed E-state index contributed by atoms with van der Waals surface area (Å²) in [4.78, 5) is 34.6. The number of imidazole rings is 1. The first-order valence-electron chi connectivity index (χ1n) is 7.88. The molecule has 0 radical (unpaired) electrons. The van der Waals surface area contributed by atoms with E-state index < -0.39 is 6.04 Å². The zero-order valence-electron chi connectivity index (χ0n) is 14.0. The largest absolute Gasteiger partial charge is 0.348 e. The van der Waals surface area contributed by atoms with Gasteiger partial charge in [-0.1, -0.05) is 12.1 Å². The number of H-pyrrole nitrogens is 1. The molecule has 1 aromatic carbocycles. The summed E-state index contributed by atoms with van der Waals surface area (Å²) in [7, 11) is 0. The van der Waals surface area contributed by atoms with Crippen molar-refractivity contribution in [1.29, 1.82) is 0 Å². The van der Waals surface area contributed by atoms with Crippen LogP contribution in [0.15, 0.2) is 42.2 Å². The van der Waals surface area contributed by atoms with Crippen molar-refractivity contribution in [3.63, 3.8) is 0 Å². The normalized spacial score (nSPS) is 11.8. The van der Waals surface area contributed by atoms with Gasteiger partial charge in [0.15, 0.2) is 5.13 Å². The summed E-state index contributed by atoms with van der Waals surface area (Å²) in [6, 6.07) is 6.61. The minimum absolute atomic E-state index is 0.168. The molecular formula is C17H18N6O2S. The monoisotopic (exact) mass is 370 g/mol. The van der Waals surface area contributed by atoms with Gasteiger partial charge in [-0.2, -0.15) is 0 Å². The van der Waals surface area contributed by atoms with Crippen molar-refractivity contribution in [1.82, 2.24) is 15.0 Å². The standard InChI is InChI=1S/C17H18N6O2S/c1-10(24)21-17-23-15(8-26-17)11-3-2-4-12(5-11)22-16(25)14(18)6-13-7-19-9-20-13/h2-5,7-9,14H,6,18H2,1H3,(H,19,20)(H,22,25)(H,21,23,24)/t14-/m0/s1. The summed E-state index contributed by atoms with van der Waals surface area (Å²) in [5.41, 5.74) is 8.92. The number of carbonyl (C=O) groups excluding carboxylic acids is 2.